The molecule has 0 saturated carbocycles. The number of aryl methyl sites for hydroxylation is 1. The third-order valence-corrected chi connectivity index (χ3v) is 4.52. The quantitative estimate of drug-likeness (QED) is 0.311. The predicted molar refractivity (Wildman–Crippen MR) is 104 cm³/mol. The van der Waals surface area contributed by atoms with E-state index in [0.29, 0.717) is 34.3 Å². The molecule has 0 aliphatic carbocycles. The summed E-state index contributed by atoms with van der Waals surface area (Å²) in [5.74, 6) is 0.876. The molecule has 1 aromatic carbocycles. The fourth-order valence-corrected chi connectivity index (χ4v) is 3.07. The maximum atomic E-state index is 11.4. The first-order valence-corrected chi connectivity index (χ1v) is 8.46. The van der Waals surface area contributed by atoms with Crippen LogP contribution in [-0.2, 0) is 4.79 Å². The van der Waals surface area contributed by atoms with Crippen LogP contribution >= 0.6 is 34.8 Å². The highest BCUT2D eigenvalue weighted by atomic mass is 35.5. The van der Waals surface area contributed by atoms with Gasteiger partial charge in [-0.3, -0.25) is 4.79 Å². The Balaban J connectivity index is 2.80. The molecule has 0 bridgehead atoms. The zero-order chi connectivity index (χ0) is 19.4. The second-order valence-corrected chi connectivity index (χ2v) is 6.37. The lowest BCUT2D eigenvalue weighted by Gasteiger charge is -2.20. The van der Waals surface area contributed by atoms with Gasteiger partial charge in [0, 0.05) is 13.1 Å². The molecule has 0 unspecified atom stereocenters. The van der Waals surface area contributed by atoms with Gasteiger partial charge in [0.05, 0.1) is 41.7 Å². The lowest BCUT2D eigenvalue weighted by Crippen LogP contribution is -2.27. The molecule has 1 aromatic heterocycles. The van der Waals surface area contributed by atoms with Crippen molar-refractivity contribution in [2.45, 2.75) is 6.92 Å². The number of benzene rings is 1. The van der Waals surface area contributed by atoms with E-state index in [1.54, 1.807) is 12.1 Å². The predicted octanol–water partition coefficient (Wildman–Crippen LogP) is 4.53. The topological polar surface area (TPSA) is 64.0 Å². The van der Waals surface area contributed by atoms with E-state index in [0.717, 1.165) is 5.56 Å². The zero-order valence-electron chi connectivity index (χ0n) is 14.5. The monoisotopic (exact) mass is 415 g/mol. The molecule has 0 aliphatic heterocycles. The Morgan fingerprint density at radius 1 is 1.15 bits per heavy atom. The molecule has 1 heterocycles. The van der Waals surface area contributed by atoms with Crippen molar-refractivity contribution in [2.24, 2.45) is 4.99 Å². The number of carbonyl (C=O) groups excluding carboxylic acids is 1. The van der Waals surface area contributed by atoms with Crippen LogP contribution in [0.3, 0.4) is 0 Å². The largest absolute Gasteiger partial charge is 0.495 e. The van der Waals surface area contributed by atoms with Crippen molar-refractivity contribution in [2.75, 3.05) is 21.3 Å². The van der Waals surface area contributed by atoms with Gasteiger partial charge in [0.15, 0.2) is 0 Å². The lowest BCUT2D eigenvalue weighted by atomic mass is 10.1. The van der Waals surface area contributed by atoms with Crippen LogP contribution in [0.25, 0.3) is 0 Å². The minimum Gasteiger partial charge on any atom is -0.495 e. The summed E-state index contributed by atoms with van der Waals surface area (Å²) >= 11 is 18.8. The van der Waals surface area contributed by atoms with Gasteiger partial charge in [0.1, 0.15) is 22.5 Å². The number of amidine groups is 1. The molecule has 0 spiro atoms. The van der Waals surface area contributed by atoms with E-state index in [-0.39, 0.29) is 15.9 Å². The van der Waals surface area contributed by atoms with E-state index in [4.69, 9.17) is 44.3 Å². The number of aromatic nitrogens is 1. The molecular weight excluding hydrogens is 401 g/mol. The number of carbonyl (C=O) groups is 1. The molecule has 0 radical (unpaired) electrons. The van der Waals surface area contributed by atoms with E-state index in [1.165, 1.54) is 32.4 Å². The maximum Gasteiger partial charge on any atom is 0.215 e. The van der Waals surface area contributed by atoms with Crippen molar-refractivity contribution in [1.29, 1.82) is 0 Å². The Bertz CT molecular complexity index is 844. The Kier molecular flexibility index (Phi) is 6.69. The smallest absolute Gasteiger partial charge is 0.215 e. The van der Waals surface area contributed by atoms with Crippen molar-refractivity contribution >= 4 is 52.7 Å². The summed E-state index contributed by atoms with van der Waals surface area (Å²) in [6.45, 7) is 1.82. The van der Waals surface area contributed by atoms with Crippen molar-refractivity contribution in [1.82, 2.24) is 9.88 Å². The molecule has 26 heavy (non-hydrogen) atoms. The number of hydrogen-bond acceptors (Lipinski definition) is 5. The number of methoxy groups -OCH3 is 2. The number of hydrogen-bond donors (Lipinski definition) is 0. The van der Waals surface area contributed by atoms with Crippen LogP contribution in [0.1, 0.15) is 11.1 Å². The summed E-state index contributed by atoms with van der Waals surface area (Å²) in [7, 11) is 4.46. The fraction of sp³-hybridized carbons (Fsp3) is 0.235. The first-order valence-electron chi connectivity index (χ1n) is 7.33. The van der Waals surface area contributed by atoms with E-state index >= 15 is 0 Å². The summed E-state index contributed by atoms with van der Waals surface area (Å²) in [5.41, 5.74) is 1.57. The summed E-state index contributed by atoms with van der Waals surface area (Å²) in [4.78, 5) is 21.2. The first kappa shape index (κ1) is 20.3. The van der Waals surface area contributed by atoms with Gasteiger partial charge in [-0.05, 0) is 18.6 Å². The standard InChI is InChI=1S/C17H16Cl3N3O3/c1-9-5-13(18)21-7-10(9)22-17(23(2)8-24)14-15(19)11(25-3)6-12(26-4)16(14)20/h5-8H,1-4H3/b22-17-. The summed E-state index contributed by atoms with van der Waals surface area (Å²) in [6, 6.07) is 3.22. The summed E-state index contributed by atoms with van der Waals surface area (Å²) in [6.07, 6.45) is 2.09. The van der Waals surface area contributed by atoms with E-state index in [2.05, 4.69) is 9.98 Å². The minimum atomic E-state index is 0.199. The van der Waals surface area contributed by atoms with Crippen molar-refractivity contribution in [3.05, 3.63) is 44.7 Å². The van der Waals surface area contributed by atoms with Crippen LogP contribution in [0.4, 0.5) is 5.69 Å². The normalized spacial score (nSPS) is 11.3. The van der Waals surface area contributed by atoms with Crippen LogP contribution in [-0.4, -0.2) is 43.4 Å². The van der Waals surface area contributed by atoms with Crippen LogP contribution in [0.5, 0.6) is 11.5 Å². The Hall–Kier alpha value is -2.02. The van der Waals surface area contributed by atoms with Gasteiger partial charge in [-0.25, -0.2) is 9.98 Å². The van der Waals surface area contributed by atoms with Crippen molar-refractivity contribution in [3.63, 3.8) is 0 Å². The van der Waals surface area contributed by atoms with Gasteiger partial charge in [-0.1, -0.05) is 34.8 Å². The average Bonchev–Trinajstić information content (AvgIpc) is 2.62. The van der Waals surface area contributed by atoms with Crippen LogP contribution in [0.2, 0.25) is 15.2 Å². The summed E-state index contributed by atoms with van der Waals surface area (Å²) < 4.78 is 10.5. The molecular formula is C17H16Cl3N3O3. The third kappa shape index (κ3) is 4.03. The van der Waals surface area contributed by atoms with Crippen LogP contribution in [0.15, 0.2) is 23.3 Å². The molecule has 0 aliphatic rings. The van der Waals surface area contributed by atoms with Gasteiger partial charge in [0.25, 0.3) is 0 Å². The van der Waals surface area contributed by atoms with Crippen molar-refractivity contribution < 1.29 is 14.3 Å². The first-order chi connectivity index (χ1) is 12.3. The fourth-order valence-electron chi connectivity index (χ4n) is 2.19. The SMILES string of the molecule is COc1cc(OC)c(Cl)c(/C(=N/c2cnc(Cl)cc2C)N(C)C=O)c1Cl. The lowest BCUT2D eigenvalue weighted by molar-refractivity contribution is -0.114. The molecule has 0 saturated heterocycles. The number of nitrogens with zero attached hydrogens (tertiary/aromatic N) is 3. The van der Waals surface area contributed by atoms with Crippen LogP contribution in [0, 0.1) is 6.92 Å². The number of pyridine rings is 1. The average molecular weight is 417 g/mol. The second-order valence-electron chi connectivity index (χ2n) is 5.23. The van der Waals surface area contributed by atoms with Crippen LogP contribution < -0.4 is 9.47 Å². The molecule has 0 fully saturated rings. The highest BCUT2D eigenvalue weighted by molar-refractivity contribution is 6.42. The van der Waals surface area contributed by atoms with Crippen molar-refractivity contribution in [3.8, 4) is 11.5 Å². The molecule has 1 amide bonds. The third-order valence-electron chi connectivity index (χ3n) is 3.57. The molecule has 138 valence electrons. The summed E-state index contributed by atoms with van der Waals surface area (Å²) in [5, 5.41) is 0.738. The number of ether oxygens (including phenoxy) is 2. The van der Waals surface area contributed by atoms with E-state index in [1.807, 2.05) is 6.92 Å². The molecule has 9 heteroatoms. The molecule has 2 rings (SSSR count). The van der Waals surface area contributed by atoms with Gasteiger partial charge >= 0.3 is 0 Å². The number of rotatable bonds is 5. The van der Waals surface area contributed by atoms with Gasteiger partial charge in [-0.2, -0.15) is 0 Å². The highest BCUT2D eigenvalue weighted by Gasteiger charge is 2.24. The highest BCUT2D eigenvalue weighted by Crippen LogP contribution is 2.41. The van der Waals surface area contributed by atoms with Gasteiger partial charge in [0.2, 0.25) is 6.41 Å². The molecule has 6 nitrogen and oxygen atoms in total. The zero-order valence-corrected chi connectivity index (χ0v) is 16.8. The van der Waals surface area contributed by atoms with E-state index < -0.39 is 0 Å². The Morgan fingerprint density at radius 2 is 1.73 bits per heavy atom. The number of halogens is 3. The number of amides is 1. The molecule has 0 atom stereocenters. The molecule has 0 N–H and O–H groups in total. The number of aliphatic imine (C=N–C) groups is 1. The van der Waals surface area contributed by atoms with E-state index in [9.17, 15) is 4.79 Å². The Morgan fingerprint density at radius 3 is 2.19 bits per heavy atom. The molecule has 2 aromatic rings. The maximum absolute atomic E-state index is 11.4. The Labute approximate surface area is 166 Å². The second kappa shape index (κ2) is 8.58. The minimum absolute atomic E-state index is 0.199. The van der Waals surface area contributed by atoms with Gasteiger partial charge in [-0.15, -0.1) is 0 Å². The van der Waals surface area contributed by atoms with Gasteiger partial charge < -0.3 is 14.4 Å².